The van der Waals surface area contributed by atoms with Gasteiger partial charge in [-0.3, -0.25) is 14.2 Å². The van der Waals surface area contributed by atoms with Crippen molar-refractivity contribution in [2.24, 2.45) is 0 Å². The molecule has 0 heterocycles. The predicted octanol–water partition coefficient (Wildman–Crippen LogP) is 12.9. The van der Waals surface area contributed by atoms with Gasteiger partial charge in [-0.25, -0.2) is 0 Å². The van der Waals surface area contributed by atoms with E-state index in [1.807, 2.05) is 27.2 Å². The second-order valence-electron chi connectivity index (χ2n) is 16.4. The van der Waals surface area contributed by atoms with Crippen LogP contribution in [0.2, 0.25) is 0 Å². The number of hydrogen-bond donors (Lipinski definition) is 0. The van der Waals surface area contributed by atoms with Crippen molar-refractivity contribution in [2.75, 3.05) is 47.5 Å². The first kappa shape index (κ1) is 57.2. The second kappa shape index (κ2) is 41.5. The van der Waals surface area contributed by atoms with Crippen LogP contribution in [-0.2, 0) is 32.7 Å². The molecule has 0 rings (SSSR count). The predicted molar refractivity (Wildman–Crippen MR) is 249 cm³/mol. The average molecular weight is 860 g/mol. The lowest BCUT2D eigenvalue weighted by Crippen LogP contribution is -2.37. The summed E-state index contributed by atoms with van der Waals surface area (Å²) in [5.41, 5.74) is 0. The van der Waals surface area contributed by atoms with Crippen LogP contribution < -0.4 is 4.89 Å². The number of carbonyl (C=O) groups excluding carboxylic acids is 2. The van der Waals surface area contributed by atoms with Crippen molar-refractivity contribution in [3.8, 4) is 0 Å². The number of rotatable bonds is 41. The third-order valence-electron chi connectivity index (χ3n) is 9.39. The van der Waals surface area contributed by atoms with Gasteiger partial charge in [0, 0.05) is 12.8 Å². The number of hydrogen-bond acceptors (Lipinski definition) is 8. The normalized spacial score (nSPS) is 14.3. The highest BCUT2D eigenvalue weighted by molar-refractivity contribution is 7.45. The molecule has 0 aromatic rings. The number of esters is 2. The minimum absolute atomic E-state index is 0.0498. The number of nitrogens with zero attached hydrogens (tertiary/aromatic N) is 1. The van der Waals surface area contributed by atoms with Crippen LogP contribution in [0.4, 0.5) is 0 Å². The summed E-state index contributed by atoms with van der Waals surface area (Å²) in [6.07, 6.45) is 53.3. The Morgan fingerprint density at radius 1 is 0.517 bits per heavy atom. The Morgan fingerprint density at radius 3 is 1.42 bits per heavy atom. The van der Waals surface area contributed by atoms with Gasteiger partial charge in [0.1, 0.15) is 19.8 Å². The Kier molecular flexibility index (Phi) is 39.6. The molecular formula is C50H86NO8P. The SMILES string of the molecule is CCCCC/C=C\C/C=C\C/C=C\C/C=C\CCCCCC(=O)OC[C@H](COP(=O)([O-])OCC[N+](C)(C)C)OC(=O)CCC/C=C\C/C=C\C/C=C\CCCCCCCC. The lowest BCUT2D eigenvalue weighted by molar-refractivity contribution is -0.870. The first-order valence-electron chi connectivity index (χ1n) is 23.3. The minimum atomic E-state index is -4.65. The van der Waals surface area contributed by atoms with Crippen molar-refractivity contribution in [3.63, 3.8) is 0 Å². The summed E-state index contributed by atoms with van der Waals surface area (Å²) >= 11 is 0. The zero-order valence-corrected chi connectivity index (χ0v) is 39.5. The molecule has 1 unspecified atom stereocenters. The first-order valence-corrected chi connectivity index (χ1v) is 24.8. The number of quaternary nitrogens is 1. The third-order valence-corrected chi connectivity index (χ3v) is 10.4. The maximum atomic E-state index is 12.7. The number of likely N-dealkylation sites (N-methyl/N-ethyl adjacent to an activating group) is 1. The van der Waals surface area contributed by atoms with Crippen molar-refractivity contribution in [2.45, 2.75) is 174 Å². The maximum Gasteiger partial charge on any atom is 0.306 e. The van der Waals surface area contributed by atoms with Gasteiger partial charge < -0.3 is 27.9 Å². The molecule has 0 radical (unpaired) electrons. The van der Waals surface area contributed by atoms with Crippen molar-refractivity contribution < 1.29 is 42.1 Å². The Labute approximate surface area is 367 Å². The molecule has 0 bridgehead atoms. The van der Waals surface area contributed by atoms with E-state index in [1.54, 1.807) is 0 Å². The summed E-state index contributed by atoms with van der Waals surface area (Å²) in [4.78, 5) is 37.6. The first-order chi connectivity index (χ1) is 29.0. The van der Waals surface area contributed by atoms with Crippen LogP contribution >= 0.6 is 7.82 Å². The molecule has 0 saturated carbocycles. The summed E-state index contributed by atoms with van der Waals surface area (Å²) in [5, 5.41) is 0. The largest absolute Gasteiger partial charge is 0.756 e. The van der Waals surface area contributed by atoms with Crippen LogP contribution in [0.25, 0.3) is 0 Å². The van der Waals surface area contributed by atoms with Crippen molar-refractivity contribution in [1.82, 2.24) is 0 Å². The van der Waals surface area contributed by atoms with Crippen LogP contribution in [0.3, 0.4) is 0 Å². The lowest BCUT2D eigenvalue weighted by atomic mass is 10.1. The molecule has 0 saturated heterocycles. The molecule has 60 heavy (non-hydrogen) atoms. The highest BCUT2D eigenvalue weighted by Crippen LogP contribution is 2.38. The van der Waals surface area contributed by atoms with E-state index in [9.17, 15) is 19.0 Å². The van der Waals surface area contributed by atoms with Gasteiger partial charge in [0.05, 0.1) is 27.7 Å². The Balaban J connectivity index is 4.49. The molecule has 0 spiro atoms. The Hall–Kier alpha value is -2.81. The molecule has 344 valence electrons. The van der Waals surface area contributed by atoms with Gasteiger partial charge in [-0.15, -0.1) is 0 Å². The molecule has 9 nitrogen and oxygen atoms in total. The number of ether oxygens (including phenoxy) is 2. The fourth-order valence-corrected chi connectivity index (χ4v) is 6.44. The van der Waals surface area contributed by atoms with Crippen molar-refractivity contribution >= 4 is 19.8 Å². The topological polar surface area (TPSA) is 111 Å². The maximum absolute atomic E-state index is 12.7. The molecule has 0 amide bonds. The van der Waals surface area contributed by atoms with Crippen LogP contribution in [0.1, 0.15) is 168 Å². The van der Waals surface area contributed by atoms with Crippen LogP contribution in [0.15, 0.2) is 85.1 Å². The summed E-state index contributed by atoms with van der Waals surface area (Å²) in [7, 11) is 1.10. The Morgan fingerprint density at radius 2 is 0.917 bits per heavy atom. The second-order valence-corrected chi connectivity index (χ2v) is 17.8. The van der Waals surface area contributed by atoms with Gasteiger partial charge in [0.15, 0.2) is 6.10 Å². The lowest BCUT2D eigenvalue weighted by Gasteiger charge is -2.28. The van der Waals surface area contributed by atoms with Gasteiger partial charge in [0.2, 0.25) is 0 Å². The number of allylic oxidation sites excluding steroid dienone is 14. The smallest absolute Gasteiger partial charge is 0.306 e. The van der Waals surface area contributed by atoms with Crippen LogP contribution in [0.5, 0.6) is 0 Å². The molecule has 10 heteroatoms. The van der Waals surface area contributed by atoms with Crippen LogP contribution in [-0.4, -0.2) is 70.0 Å². The summed E-state index contributed by atoms with van der Waals surface area (Å²) in [5.74, 6) is -0.939. The van der Waals surface area contributed by atoms with Gasteiger partial charge in [0.25, 0.3) is 7.82 Å². The zero-order chi connectivity index (χ0) is 44.3. The molecule has 0 N–H and O–H groups in total. The van der Waals surface area contributed by atoms with E-state index >= 15 is 0 Å². The van der Waals surface area contributed by atoms with E-state index in [2.05, 4.69) is 92.8 Å². The van der Waals surface area contributed by atoms with E-state index < -0.39 is 32.5 Å². The highest BCUT2D eigenvalue weighted by Gasteiger charge is 2.21. The molecule has 0 aliphatic heterocycles. The number of unbranched alkanes of at least 4 members (excludes halogenated alkanes) is 13. The Bertz CT molecular complexity index is 1290. The number of carbonyl (C=O) groups is 2. The number of phosphoric acid groups is 1. The van der Waals surface area contributed by atoms with Crippen LogP contribution in [0, 0.1) is 0 Å². The van der Waals surface area contributed by atoms with E-state index in [1.165, 1.54) is 64.2 Å². The fourth-order valence-electron chi connectivity index (χ4n) is 5.71. The highest BCUT2D eigenvalue weighted by atomic mass is 31.2. The third kappa shape index (κ3) is 44.7. The number of phosphoric ester groups is 1. The van der Waals surface area contributed by atoms with E-state index in [0.717, 1.165) is 57.8 Å². The van der Waals surface area contributed by atoms with E-state index in [4.69, 9.17) is 18.5 Å². The van der Waals surface area contributed by atoms with E-state index in [-0.39, 0.29) is 26.1 Å². The summed E-state index contributed by atoms with van der Waals surface area (Å²) in [6.45, 7) is 4.08. The van der Waals surface area contributed by atoms with Gasteiger partial charge in [-0.2, -0.15) is 0 Å². The monoisotopic (exact) mass is 860 g/mol. The molecule has 2 atom stereocenters. The van der Waals surface area contributed by atoms with Gasteiger partial charge in [-0.1, -0.05) is 150 Å². The fraction of sp³-hybridized carbons (Fsp3) is 0.680. The molecule has 0 aliphatic rings. The molecule has 0 fully saturated rings. The standard InChI is InChI=1S/C50H86NO8P/c1-6-8-10-12-14-16-18-20-22-24-25-27-28-30-32-34-36-38-40-42-49(52)56-46-48(47-58-60(54,55)57-45-44-51(3,4)5)59-50(53)43-41-39-37-35-33-31-29-26-23-21-19-17-15-13-11-9-7-2/h14,16,20-23,25,27,29-32,35,37,48H,6-13,15,17-19,24,26,28,33-34,36,38-47H2,1-5H3/b16-14-,22-20-,23-21-,27-25-,31-29-,32-30-,37-35-/t48-/m1/s1. The van der Waals surface area contributed by atoms with Crippen molar-refractivity contribution in [1.29, 1.82) is 0 Å². The molecule has 0 aromatic heterocycles. The summed E-state index contributed by atoms with van der Waals surface area (Å²) < 4.78 is 33.8. The average Bonchev–Trinajstić information content (AvgIpc) is 3.20. The van der Waals surface area contributed by atoms with Gasteiger partial charge in [-0.05, 0) is 89.9 Å². The minimum Gasteiger partial charge on any atom is -0.756 e. The molecule has 0 aliphatic carbocycles. The summed E-state index contributed by atoms with van der Waals surface area (Å²) in [6, 6.07) is 0. The quantitative estimate of drug-likeness (QED) is 0.0196. The van der Waals surface area contributed by atoms with Gasteiger partial charge >= 0.3 is 11.9 Å². The van der Waals surface area contributed by atoms with Crippen molar-refractivity contribution in [3.05, 3.63) is 85.1 Å². The zero-order valence-electron chi connectivity index (χ0n) is 38.6. The molecule has 0 aromatic carbocycles. The molecular weight excluding hydrogens is 774 g/mol. The van der Waals surface area contributed by atoms with E-state index in [0.29, 0.717) is 30.3 Å².